The zero-order valence-corrected chi connectivity index (χ0v) is 25.8. The lowest BCUT2D eigenvalue weighted by molar-refractivity contribution is -0.132. The first-order valence-electron chi connectivity index (χ1n) is 13.5. The number of carbonyl (C=O) groups is 2. The van der Waals surface area contributed by atoms with Gasteiger partial charge in [-0.2, -0.15) is 5.10 Å². The van der Waals surface area contributed by atoms with Gasteiger partial charge in [-0.3, -0.25) is 9.59 Å². The molecule has 0 saturated carbocycles. The number of nitrogens with one attached hydrogen (secondary N) is 2. The molecule has 0 aliphatic carbocycles. The molecule has 218 valence electrons. The van der Waals surface area contributed by atoms with Crippen molar-refractivity contribution >= 4 is 41.2 Å². The molecule has 2 amide bonds. The van der Waals surface area contributed by atoms with Crippen LogP contribution < -0.4 is 20.2 Å². The quantitative estimate of drug-likeness (QED) is 0.175. The van der Waals surface area contributed by atoms with Crippen LogP contribution in [0.25, 0.3) is 0 Å². The largest absolute Gasteiger partial charge is 0.489 e. The van der Waals surface area contributed by atoms with Crippen molar-refractivity contribution in [1.82, 2.24) is 10.7 Å². The second-order valence-corrected chi connectivity index (χ2v) is 11.3. The van der Waals surface area contributed by atoms with Gasteiger partial charge in [0.15, 0.2) is 6.10 Å². The standard InChI is InChI=1S/C32H37Cl2N3O4/c1-19(2)13-29(36-31(38)23(6)41-30-12-9-25(33)16-28(30)34)32(39)37-35-17-24-7-10-26(11-8-24)40-18-27-21(4)14-20(3)15-22(27)5/h7-12,14-17,19,23,29H,13,18H2,1-6H3,(H,36,38)(H,37,39)/b35-17-/t23-,29+/m1/s1. The average molecular weight is 599 g/mol. The summed E-state index contributed by atoms with van der Waals surface area (Å²) >= 11 is 12.1. The number of hydrogen-bond donors (Lipinski definition) is 2. The Hall–Kier alpha value is -3.55. The van der Waals surface area contributed by atoms with Gasteiger partial charge in [-0.15, -0.1) is 0 Å². The molecule has 7 nitrogen and oxygen atoms in total. The van der Waals surface area contributed by atoms with Crippen molar-refractivity contribution in [3.63, 3.8) is 0 Å². The Bertz CT molecular complexity index is 1370. The smallest absolute Gasteiger partial charge is 0.262 e. The van der Waals surface area contributed by atoms with Crippen LogP contribution in [0.5, 0.6) is 11.5 Å². The molecular formula is C32H37Cl2N3O4. The van der Waals surface area contributed by atoms with E-state index in [1.807, 2.05) is 38.1 Å². The van der Waals surface area contributed by atoms with Gasteiger partial charge in [-0.25, -0.2) is 5.43 Å². The van der Waals surface area contributed by atoms with Gasteiger partial charge >= 0.3 is 0 Å². The Balaban J connectivity index is 1.55. The lowest BCUT2D eigenvalue weighted by Gasteiger charge is -2.22. The van der Waals surface area contributed by atoms with E-state index in [1.54, 1.807) is 25.3 Å². The fraction of sp³-hybridized carbons (Fsp3) is 0.344. The second kappa shape index (κ2) is 14.9. The summed E-state index contributed by atoms with van der Waals surface area (Å²) in [7, 11) is 0. The third-order valence-electron chi connectivity index (χ3n) is 6.40. The van der Waals surface area contributed by atoms with E-state index in [-0.39, 0.29) is 5.92 Å². The van der Waals surface area contributed by atoms with Crippen LogP contribution in [0.4, 0.5) is 0 Å². The van der Waals surface area contributed by atoms with E-state index in [4.69, 9.17) is 32.7 Å². The maximum Gasteiger partial charge on any atom is 0.262 e. The monoisotopic (exact) mass is 597 g/mol. The molecule has 0 bridgehead atoms. The molecule has 0 unspecified atom stereocenters. The van der Waals surface area contributed by atoms with E-state index in [0.717, 1.165) is 11.3 Å². The Morgan fingerprint density at radius 1 is 0.927 bits per heavy atom. The molecule has 0 aliphatic heterocycles. The minimum absolute atomic E-state index is 0.150. The van der Waals surface area contributed by atoms with E-state index in [1.165, 1.54) is 28.3 Å². The summed E-state index contributed by atoms with van der Waals surface area (Å²) in [4.78, 5) is 25.7. The fourth-order valence-electron chi connectivity index (χ4n) is 4.30. The molecule has 0 spiro atoms. The van der Waals surface area contributed by atoms with Crippen LogP contribution in [0.1, 0.15) is 55.0 Å². The highest BCUT2D eigenvalue weighted by Crippen LogP contribution is 2.28. The first kappa shape index (κ1) is 32.0. The van der Waals surface area contributed by atoms with Crippen molar-refractivity contribution in [3.05, 3.63) is 92.5 Å². The summed E-state index contributed by atoms with van der Waals surface area (Å²) in [5, 5.41) is 7.59. The Morgan fingerprint density at radius 3 is 2.20 bits per heavy atom. The molecule has 9 heteroatoms. The zero-order valence-electron chi connectivity index (χ0n) is 24.3. The Labute approximate surface area is 252 Å². The zero-order chi connectivity index (χ0) is 30.1. The van der Waals surface area contributed by atoms with Gasteiger partial charge in [0.1, 0.15) is 24.1 Å². The summed E-state index contributed by atoms with van der Waals surface area (Å²) < 4.78 is 11.7. The minimum Gasteiger partial charge on any atom is -0.489 e. The number of benzene rings is 3. The first-order valence-corrected chi connectivity index (χ1v) is 14.2. The highest BCUT2D eigenvalue weighted by atomic mass is 35.5. The molecule has 0 fully saturated rings. The van der Waals surface area contributed by atoms with E-state index >= 15 is 0 Å². The molecule has 2 atom stereocenters. The number of aryl methyl sites for hydroxylation is 3. The summed E-state index contributed by atoms with van der Waals surface area (Å²) in [5.74, 6) is 0.333. The summed E-state index contributed by atoms with van der Waals surface area (Å²) in [5.41, 5.74) is 8.15. The van der Waals surface area contributed by atoms with Crippen molar-refractivity contribution < 1.29 is 19.1 Å². The molecule has 0 saturated heterocycles. The minimum atomic E-state index is -0.890. The van der Waals surface area contributed by atoms with Gasteiger partial charge < -0.3 is 14.8 Å². The molecular weight excluding hydrogens is 561 g/mol. The topological polar surface area (TPSA) is 89.0 Å². The van der Waals surface area contributed by atoms with Crippen molar-refractivity contribution in [1.29, 1.82) is 0 Å². The normalized spacial score (nSPS) is 12.7. The molecule has 3 rings (SSSR count). The maximum atomic E-state index is 12.9. The molecule has 3 aromatic rings. The number of rotatable bonds is 12. The van der Waals surface area contributed by atoms with Crippen LogP contribution in [0.15, 0.2) is 59.7 Å². The predicted molar refractivity (Wildman–Crippen MR) is 165 cm³/mol. The number of amides is 2. The third kappa shape index (κ3) is 9.80. The van der Waals surface area contributed by atoms with Gasteiger partial charge in [0.05, 0.1) is 11.2 Å². The molecule has 3 aromatic carbocycles. The Kier molecular flexibility index (Phi) is 11.6. The van der Waals surface area contributed by atoms with Crippen LogP contribution in [0.2, 0.25) is 10.0 Å². The van der Waals surface area contributed by atoms with Gasteiger partial charge in [0.25, 0.3) is 11.8 Å². The predicted octanol–water partition coefficient (Wildman–Crippen LogP) is 6.95. The van der Waals surface area contributed by atoms with Crippen molar-refractivity contribution in [2.45, 2.75) is 66.7 Å². The number of hydrogen-bond acceptors (Lipinski definition) is 5. The SMILES string of the molecule is Cc1cc(C)c(COc2ccc(/C=N\NC(=O)[C@H](CC(C)C)NC(=O)[C@@H](C)Oc3ccc(Cl)cc3Cl)cc2)c(C)c1. The summed E-state index contributed by atoms with van der Waals surface area (Å²) in [6.07, 6.45) is 1.07. The first-order chi connectivity index (χ1) is 19.4. The summed E-state index contributed by atoms with van der Waals surface area (Å²) in [6.45, 7) is 12.3. The van der Waals surface area contributed by atoms with Gasteiger partial charge in [0, 0.05) is 5.02 Å². The van der Waals surface area contributed by atoms with Crippen molar-refractivity contribution in [3.8, 4) is 11.5 Å². The molecule has 0 heterocycles. The lowest BCUT2D eigenvalue weighted by Crippen LogP contribution is -2.49. The number of hydrazone groups is 1. The number of ether oxygens (including phenoxy) is 2. The molecule has 0 aliphatic rings. The van der Waals surface area contributed by atoms with Crippen molar-refractivity contribution in [2.75, 3.05) is 0 Å². The Morgan fingerprint density at radius 2 is 1.59 bits per heavy atom. The number of halogens is 2. The molecule has 2 N–H and O–H groups in total. The van der Waals surface area contributed by atoms with E-state index in [2.05, 4.69) is 48.7 Å². The van der Waals surface area contributed by atoms with Gasteiger partial charge in [0.2, 0.25) is 0 Å². The van der Waals surface area contributed by atoms with Crippen LogP contribution in [0, 0.1) is 26.7 Å². The molecule has 41 heavy (non-hydrogen) atoms. The van der Waals surface area contributed by atoms with Crippen LogP contribution in [-0.2, 0) is 16.2 Å². The van der Waals surface area contributed by atoms with E-state index in [0.29, 0.717) is 28.8 Å². The van der Waals surface area contributed by atoms with E-state index < -0.39 is 24.0 Å². The summed E-state index contributed by atoms with van der Waals surface area (Å²) in [6, 6.07) is 15.7. The number of nitrogens with zero attached hydrogens (tertiary/aromatic N) is 1. The lowest BCUT2D eigenvalue weighted by atomic mass is 10.0. The van der Waals surface area contributed by atoms with Gasteiger partial charge in [-0.1, -0.05) is 54.7 Å². The molecule has 0 radical (unpaired) electrons. The molecule has 0 aromatic heterocycles. The van der Waals surface area contributed by atoms with E-state index in [9.17, 15) is 9.59 Å². The van der Waals surface area contributed by atoms with Crippen molar-refractivity contribution in [2.24, 2.45) is 11.0 Å². The van der Waals surface area contributed by atoms with Crippen LogP contribution >= 0.6 is 23.2 Å². The van der Waals surface area contributed by atoms with Crippen LogP contribution in [0.3, 0.4) is 0 Å². The maximum absolute atomic E-state index is 12.9. The highest BCUT2D eigenvalue weighted by Gasteiger charge is 2.25. The van der Waals surface area contributed by atoms with Crippen LogP contribution in [-0.4, -0.2) is 30.2 Å². The van der Waals surface area contributed by atoms with Gasteiger partial charge in [-0.05, 0) is 105 Å². The average Bonchev–Trinajstić information content (AvgIpc) is 2.89. The third-order valence-corrected chi connectivity index (χ3v) is 6.93. The highest BCUT2D eigenvalue weighted by molar-refractivity contribution is 6.35. The number of carbonyl (C=O) groups excluding carboxylic acids is 2. The fourth-order valence-corrected chi connectivity index (χ4v) is 4.75. The second-order valence-electron chi connectivity index (χ2n) is 10.5.